The van der Waals surface area contributed by atoms with E-state index in [9.17, 15) is 0 Å². The van der Waals surface area contributed by atoms with Crippen molar-refractivity contribution < 1.29 is 31.2 Å². The smallest absolute Gasteiger partial charge is 0.356 e. The van der Waals surface area contributed by atoms with E-state index in [0.29, 0.717) is 0 Å². The molecule has 0 heterocycles. The fraction of sp³-hybridized carbons (Fsp3) is 0. The van der Waals surface area contributed by atoms with Gasteiger partial charge in [-0.1, -0.05) is 0 Å². The van der Waals surface area contributed by atoms with Crippen LogP contribution in [0.4, 0.5) is 0 Å². The van der Waals surface area contributed by atoms with E-state index in [1.54, 1.807) is 0 Å². The molecule has 10 nitrogen and oxygen atoms in total. The molecular formula is H6N4O6Pt. The second kappa shape index (κ2) is 23.0. The molecule has 0 bridgehead atoms. The Morgan fingerprint density at radius 1 is 0.727 bits per heavy atom. The van der Waals surface area contributed by atoms with Gasteiger partial charge >= 0.3 is 21.1 Å². The third-order valence-electron chi connectivity index (χ3n) is 0. The van der Waals surface area contributed by atoms with Crippen molar-refractivity contribution in [3.63, 3.8) is 0 Å². The van der Waals surface area contributed by atoms with Crippen molar-refractivity contribution in [2.75, 3.05) is 0 Å². The van der Waals surface area contributed by atoms with Crippen molar-refractivity contribution >= 4 is 0 Å². The Bertz CT molecular complexity index is 72.6. The van der Waals surface area contributed by atoms with Crippen molar-refractivity contribution in [3.05, 3.63) is 30.6 Å². The minimum absolute atomic E-state index is 0. The first-order chi connectivity index (χ1) is 3.46. The fourth-order valence-electron chi connectivity index (χ4n) is 0. The summed E-state index contributed by atoms with van der Waals surface area (Å²) in [4.78, 5) is 16.5. The van der Waals surface area contributed by atoms with Crippen LogP contribution in [0.15, 0.2) is 0 Å². The molecule has 0 aromatic rings. The van der Waals surface area contributed by atoms with Gasteiger partial charge in [0.05, 0.1) is 10.2 Å². The Hall–Kier alpha value is -0.992. The van der Waals surface area contributed by atoms with Crippen molar-refractivity contribution in [2.45, 2.75) is 0 Å². The minimum atomic E-state index is -1.75. The van der Waals surface area contributed by atoms with Gasteiger partial charge in [-0.3, -0.25) is 0 Å². The van der Waals surface area contributed by atoms with Crippen LogP contribution < -0.4 is 12.3 Å². The van der Waals surface area contributed by atoms with Crippen LogP contribution in [0.1, 0.15) is 0 Å². The van der Waals surface area contributed by atoms with Crippen LogP contribution >= 0.6 is 0 Å². The van der Waals surface area contributed by atoms with Gasteiger partial charge in [0.25, 0.3) is 0 Å². The monoisotopic (exact) mass is 353 g/mol. The van der Waals surface area contributed by atoms with Crippen molar-refractivity contribution in [1.82, 2.24) is 12.3 Å². The zero-order valence-electron chi connectivity index (χ0n) is 5.07. The zero-order chi connectivity index (χ0) is 7.15. The molecular weight excluding hydrogens is 347 g/mol. The van der Waals surface area contributed by atoms with Crippen LogP contribution in [-0.2, 0) is 21.1 Å². The van der Waals surface area contributed by atoms with Crippen molar-refractivity contribution in [2.24, 2.45) is 0 Å². The number of hydrogen-bond acceptors (Lipinski definition) is 8. The molecule has 0 aliphatic heterocycles. The maximum atomic E-state index is 8.25. The summed E-state index contributed by atoms with van der Waals surface area (Å²) in [6, 6.07) is 0. The van der Waals surface area contributed by atoms with Gasteiger partial charge in [0.15, 0.2) is 0 Å². The maximum absolute atomic E-state index is 8.25. The Morgan fingerprint density at radius 2 is 0.727 bits per heavy atom. The Kier molecular flexibility index (Phi) is 67.8. The predicted octanol–water partition coefficient (Wildman–Crippen LogP) is -0.157. The number of hydrogen-bond donors (Lipinski definition) is 2. The third kappa shape index (κ3) is 450. The Morgan fingerprint density at radius 3 is 0.727 bits per heavy atom. The molecule has 11 heteroatoms. The van der Waals surface area contributed by atoms with E-state index in [1.165, 1.54) is 0 Å². The summed E-state index contributed by atoms with van der Waals surface area (Å²) in [5.41, 5.74) is 0. The molecule has 0 amide bonds. The number of nitrogens with zero attached hydrogens (tertiary/aromatic N) is 2. The average molecular weight is 353 g/mol. The second-order valence-corrected chi connectivity index (χ2v) is 0.447. The molecule has 72 valence electrons. The largest absolute Gasteiger partial charge is 2.00 e. The summed E-state index contributed by atoms with van der Waals surface area (Å²) >= 11 is 0. The van der Waals surface area contributed by atoms with Crippen LogP contribution in [0.25, 0.3) is 0 Å². The van der Waals surface area contributed by atoms with Gasteiger partial charge in [-0.25, -0.2) is 0 Å². The third-order valence-corrected chi connectivity index (χ3v) is 0. The summed E-state index contributed by atoms with van der Waals surface area (Å²) in [5.74, 6) is 0. The van der Waals surface area contributed by atoms with Gasteiger partial charge in [-0.15, -0.1) is 0 Å². The standard InChI is InChI=1S/2NO3.2H3N.Pt/c2*2-1(3)4;;;/h;;2*1H3;/q2*-1;;;+2. The van der Waals surface area contributed by atoms with Gasteiger partial charge in [0, 0.05) is 0 Å². The van der Waals surface area contributed by atoms with E-state index in [-0.39, 0.29) is 33.4 Å². The summed E-state index contributed by atoms with van der Waals surface area (Å²) in [6.45, 7) is 0. The van der Waals surface area contributed by atoms with Gasteiger partial charge in [-0.05, 0) is 0 Å². The van der Waals surface area contributed by atoms with E-state index in [4.69, 9.17) is 30.6 Å². The fourth-order valence-corrected chi connectivity index (χ4v) is 0. The first-order valence-electron chi connectivity index (χ1n) is 1.10. The van der Waals surface area contributed by atoms with Crippen LogP contribution in [-0.4, -0.2) is 10.2 Å². The van der Waals surface area contributed by atoms with E-state index in [0.717, 1.165) is 0 Å². The van der Waals surface area contributed by atoms with Gasteiger partial charge in [0.1, 0.15) is 0 Å². The first kappa shape index (κ1) is 32.4. The summed E-state index contributed by atoms with van der Waals surface area (Å²) in [5, 5.41) is 29.5. The maximum Gasteiger partial charge on any atom is 2.00 e. The van der Waals surface area contributed by atoms with Crippen molar-refractivity contribution in [1.29, 1.82) is 0 Å². The summed E-state index contributed by atoms with van der Waals surface area (Å²) < 4.78 is 0. The normalized spacial score (nSPS) is 4.36. The van der Waals surface area contributed by atoms with E-state index >= 15 is 0 Å². The molecule has 0 unspecified atom stereocenters. The van der Waals surface area contributed by atoms with Crippen molar-refractivity contribution in [3.8, 4) is 0 Å². The molecule has 0 atom stereocenters. The van der Waals surface area contributed by atoms with Crippen LogP contribution in [0, 0.1) is 30.6 Å². The summed E-state index contributed by atoms with van der Waals surface area (Å²) in [7, 11) is 0. The number of rotatable bonds is 0. The van der Waals surface area contributed by atoms with E-state index in [1.807, 2.05) is 0 Å². The van der Waals surface area contributed by atoms with E-state index < -0.39 is 10.2 Å². The predicted molar refractivity (Wildman–Crippen MR) is 30.8 cm³/mol. The van der Waals surface area contributed by atoms with Gasteiger partial charge in [-0.2, -0.15) is 0 Å². The molecule has 0 saturated heterocycles. The SMILES string of the molecule is N.N.O=[N+]([O-])[O-].O=[N+]([O-])[O-].[Pt+2]. The molecule has 0 aliphatic rings. The molecule has 0 aromatic carbocycles. The zero-order valence-corrected chi connectivity index (χ0v) is 7.35. The Labute approximate surface area is 74.8 Å². The molecule has 0 radical (unpaired) electrons. The molecule has 6 N–H and O–H groups in total. The van der Waals surface area contributed by atoms with Crippen LogP contribution in [0.5, 0.6) is 0 Å². The van der Waals surface area contributed by atoms with E-state index in [2.05, 4.69) is 0 Å². The molecule has 0 saturated carbocycles. The van der Waals surface area contributed by atoms with Gasteiger partial charge in [0.2, 0.25) is 0 Å². The topological polar surface area (TPSA) is 202 Å². The molecule has 0 rings (SSSR count). The van der Waals surface area contributed by atoms with Gasteiger partial charge < -0.3 is 42.9 Å². The molecule has 0 aliphatic carbocycles. The Balaban J connectivity index is -0.0000000171. The minimum Gasteiger partial charge on any atom is -0.356 e. The molecule has 0 fully saturated rings. The van der Waals surface area contributed by atoms with Crippen LogP contribution in [0.3, 0.4) is 0 Å². The summed E-state index contributed by atoms with van der Waals surface area (Å²) in [6.07, 6.45) is 0. The quantitative estimate of drug-likeness (QED) is 0.441. The average Bonchev–Trinajstić information content (AvgIpc) is 1.25. The molecule has 0 aromatic heterocycles. The second-order valence-electron chi connectivity index (χ2n) is 0.447. The molecule has 0 spiro atoms. The van der Waals surface area contributed by atoms with Crippen LogP contribution in [0.2, 0.25) is 0 Å². The molecule has 11 heavy (non-hydrogen) atoms. The first-order valence-corrected chi connectivity index (χ1v) is 1.10.